The third-order valence-corrected chi connectivity index (χ3v) is 10.8. The number of carbonyl (C=O) groups is 1. The van der Waals surface area contributed by atoms with Crippen molar-refractivity contribution >= 4 is 5.97 Å². The Hall–Kier alpha value is -1.59. The summed E-state index contributed by atoms with van der Waals surface area (Å²) in [6.07, 6.45) is 40.3. The van der Waals surface area contributed by atoms with Gasteiger partial charge in [0, 0.05) is 13.0 Å². The van der Waals surface area contributed by atoms with Gasteiger partial charge >= 0.3 is 5.97 Å². The van der Waals surface area contributed by atoms with Gasteiger partial charge in [0.15, 0.2) is 6.29 Å². The molecule has 0 aromatic rings. The summed E-state index contributed by atoms with van der Waals surface area (Å²) < 4.78 is 22.8. The van der Waals surface area contributed by atoms with Crippen molar-refractivity contribution in [2.45, 2.75) is 237 Å². The van der Waals surface area contributed by atoms with Gasteiger partial charge in [-0.05, 0) is 44.9 Å². The van der Waals surface area contributed by atoms with Gasteiger partial charge in [0.05, 0.1) is 19.8 Å². The largest absolute Gasteiger partial charge is 0.457 e. The average Bonchev–Trinajstić information content (AvgIpc) is 3.21. The van der Waals surface area contributed by atoms with E-state index in [1.807, 2.05) is 0 Å². The second kappa shape index (κ2) is 39.8. The van der Waals surface area contributed by atoms with Crippen LogP contribution in [0.2, 0.25) is 0 Å². The number of ether oxygens (including phenoxy) is 4. The molecular formula is C48H88O9. The second-order valence-electron chi connectivity index (χ2n) is 16.2. The molecule has 1 aliphatic heterocycles. The zero-order chi connectivity index (χ0) is 41.4. The van der Waals surface area contributed by atoms with Crippen molar-refractivity contribution in [3.05, 3.63) is 36.5 Å². The van der Waals surface area contributed by atoms with Gasteiger partial charge < -0.3 is 39.4 Å². The number of rotatable bonds is 40. The standard InChI is InChI=1S/C48H88O9/c1-3-5-7-9-11-13-15-17-19-20-21-22-23-24-25-27-29-31-33-35-37-44(50)56-42(41-55-48-47(53)46(52)45(51)43(39-49)57-48)40-54-38-36-34-32-30-28-26-18-16-14-12-10-8-6-4-2/h6,8,12,14,18,26,42-43,45-49,51-53H,3-5,7,9-11,13,15-17,19-25,27-41H2,1-2H3/b8-6-,14-12-,26-18-. The number of aliphatic hydroxyl groups is 4. The highest BCUT2D eigenvalue weighted by Crippen LogP contribution is 2.23. The van der Waals surface area contributed by atoms with E-state index >= 15 is 0 Å². The predicted molar refractivity (Wildman–Crippen MR) is 233 cm³/mol. The Morgan fingerprint density at radius 2 is 1.07 bits per heavy atom. The normalized spacial score (nSPS) is 20.7. The molecule has 0 radical (unpaired) electrons. The van der Waals surface area contributed by atoms with Crippen molar-refractivity contribution in [2.75, 3.05) is 26.4 Å². The number of allylic oxidation sites excluding steroid dienone is 6. The van der Waals surface area contributed by atoms with Crippen LogP contribution in [0.3, 0.4) is 0 Å². The zero-order valence-electron chi connectivity index (χ0n) is 36.6. The van der Waals surface area contributed by atoms with E-state index in [4.69, 9.17) is 18.9 Å². The van der Waals surface area contributed by atoms with Crippen LogP contribution in [0.1, 0.15) is 200 Å². The summed E-state index contributed by atoms with van der Waals surface area (Å²) in [5, 5.41) is 40.1. The van der Waals surface area contributed by atoms with Crippen molar-refractivity contribution < 1.29 is 44.2 Å². The summed E-state index contributed by atoms with van der Waals surface area (Å²) in [6.45, 7) is 4.42. The number of hydrogen-bond acceptors (Lipinski definition) is 9. The van der Waals surface area contributed by atoms with Crippen LogP contribution in [0.4, 0.5) is 0 Å². The first-order chi connectivity index (χ1) is 27.9. The zero-order valence-corrected chi connectivity index (χ0v) is 36.6. The smallest absolute Gasteiger partial charge is 0.306 e. The van der Waals surface area contributed by atoms with Crippen LogP contribution in [-0.2, 0) is 23.7 Å². The quantitative estimate of drug-likeness (QED) is 0.0271. The van der Waals surface area contributed by atoms with Gasteiger partial charge in [-0.2, -0.15) is 0 Å². The molecule has 6 atom stereocenters. The van der Waals surface area contributed by atoms with Gasteiger partial charge in [-0.25, -0.2) is 0 Å². The molecule has 0 aromatic heterocycles. The SMILES string of the molecule is CC/C=C\C/C=C\C/C=C\CCCCCCOCC(COC1OC(CO)C(O)C(O)C1O)OC(=O)CCCCCCCCCCCCCCCCCCCCCC. The maximum absolute atomic E-state index is 12.8. The molecule has 0 saturated carbocycles. The van der Waals surface area contributed by atoms with Crippen LogP contribution < -0.4 is 0 Å². The van der Waals surface area contributed by atoms with E-state index < -0.39 is 43.4 Å². The summed E-state index contributed by atoms with van der Waals surface area (Å²) in [5.41, 5.74) is 0. The Morgan fingerprint density at radius 3 is 1.61 bits per heavy atom. The minimum Gasteiger partial charge on any atom is -0.457 e. The first-order valence-corrected chi connectivity index (χ1v) is 23.6. The number of unbranched alkanes of at least 4 members (excludes halogenated alkanes) is 23. The Kier molecular flexibility index (Phi) is 37.4. The topological polar surface area (TPSA) is 135 Å². The molecule has 1 aliphatic rings. The van der Waals surface area contributed by atoms with Crippen LogP contribution in [0.5, 0.6) is 0 Å². The molecule has 0 aromatic carbocycles. The second-order valence-corrected chi connectivity index (χ2v) is 16.2. The molecule has 9 nitrogen and oxygen atoms in total. The third-order valence-electron chi connectivity index (χ3n) is 10.8. The van der Waals surface area contributed by atoms with E-state index in [2.05, 4.69) is 50.3 Å². The lowest BCUT2D eigenvalue weighted by Gasteiger charge is -2.39. The van der Waals surface area contributed by atoms with Gasteiger partial charge in [0.1, 0.15) is 30.5 Å². The van der Waals surface area contributed by atoms with Crippen molar-refractivity contribution in [3.63, 3.8) is 0 Å². The van der Waals surface area contributed by atoms with Crippen molar-refractivity contribution in [1.29, 1.82) is 0 Å². The van der Waals surface area contributed by atoms with Crippen molar-refractivity contribution in [1.82, 2.24) is 0 Å². The molecule has 0 spiro atoms. The summed E-state index contributed by atoms with van der Waals surface area (Å²) in [6, 6.07) is 0. The van der Waals surface area contributed by atoms with Crippen molar-refractivity contribution in [2.24, 2.45) is 0 Å². The lowest BCUT2D eigenvalue weighted by Crippen LogP contribution is -2.59. The summed E-state index contributed by atoms with van der Waals surface area (Å²) >= 11 is 0. The van der Waals surface area contributed by atoms with Gasteiger partial charge in [0.2, 0.25) is 0 Å². The molecule has 9 heteroatoms. The molecule has 0 amide bonds. The highest BCUT2D eigenvalue weighted by atomic mass is 16.7. The third kappa shape index (κ3) is 31.0. The van der Waals surface area contributed by atoms with Gasteiger partial charge in [-0.15, -0.1) is 0 Å². The molecule has 1 heterocycles. The minimum absolute atomic E-state index is 0.120. The molecule has 1 rings (SSSR count). The molecule has 1 fully saturated rings. The van der Waals surface area contributed by atoms with E-state index in [9.17, 15) is 25.2 Å². The first kappa shape index (κ1) is 53.4. The summed E-state index contributed by atoms with van der Waals surface area (Å²) in [5.74, 6) is -0.319. The minimum atomic E-state index is -1.54. The highest BCUT2D eigenvalue weighted by Gasteiger charge is 2.44. The number of esters is 1. The van der Waals surface area contributed by atoms with Crippen LogP contribution in [0.15, 0.2) is 36.5 Å². The Bertz CT molecular complexity index is 968. The van der Waals surface area contributed by atoms with Crippen molar-refractivity contribution in [3.8, 4) is 0 Å². The van der Waals surface area contributed by atoms with E-state index in [1.165, 1.54) is 109 Å². The van der Waals surface area contributed by atoms with Crippen LogP contribution in [-0.4, -0.2) is 89.6 Å². The molecule has 334 valence electrons. The molecular weight excluding hydrogens is 721 g/mol. The van der Waals surface area contributed by atoms with Gasteiger partial charge in [-0.3, -0.25) is 4.79 Å². The van der Waals surface area contributed by atoms with E-state index in [-0.39, 0.29) is 19.2 Å². The maximum Gasteiger partial charge on any atom is 0.306 e. The molecule has 1 saturated heterocycles. The Labute approximate surface area is 349 Å². The fourth-order valence-electron chi connectivity index (χ4n) is 7.15. The van der Waals surface area contributed by atoms with Crippen LogP contribution in [0, 0.1) is 0 Å². The Balaban J connectivity index is 2.23. The fraction of sp³-hybridized carbons (Fsp3) is 0.854. The fourth-order valence-corrected chi connectivity index (χ4v) is 7.15. The number of aliphatic hydroxyl groups excluding tert-OH is 4. The number of carbonyl (C=O) groups excluding carboxylic acids is 1. The lowest BCUT2D eigenvalue weighted by molar-refractivity contribution is -0.305. The van der Waals surface area contributed by atoms with Gasteiger partial charge in [0.25, 0.3) is 0 Å². The predicted octanol–water partition coefficient (Wildman–Crippen LogP) is 10.8. The highest BCUT2D eigenvalue weighted by molar-refractivity contribution is 5.69. The molecule has 0 bridgehead atoms. The molecule has 57 heavy (non-hydrogen) atoms. The number of hydrogen-bond donors (Lipinski definition) is 4. The van der Waals surface area contributed by atoms with Crippen LogP contribution in [0.25, 0.3) is 0 Å². The van der Waals surface area contributed by atoms with E-state index in [0.717, 1.165) is 70.6 Å². The summed E-state index contributed by atoms with van der Waals surface area (Å²) in [4.78, 5) is 12.8. The molecule has 4 N–H and O–H groups in total. The Morgan fingerprint density at radius 1 is 0.579 bits per heavy atom. The van der Waals surface area contributed by atoms with E-state index in [1.54, 1.807) is 0 Å². The molecule has 0 aliphatic carbocycles. The maximum atomic E-state index is 12.8. The monoisotopic (exact) mass is 809 g/mol. The first-order valence-electron chi connectivity index (χ1n) is 23.6. The van der Waals surface area contributed by atoms with E-state index in [0.29, 0.717) is 13.0 Å². The van der Waals surface area contributed by atoms with Crippen LogP contribution >= 0.6 is 0 Å². The van der Waals surface area contributed by atoms with Gasteiger partial charge in [-0.1, -0.05) is 185 Å². The average molecular weight is 809 g/mol. The summed E-state index contributed by atoms with van der Waals surface area (Å²) in [7, 11) is 0. The lowest BCUT2D eigenvalue weighted by atomic mass is 9.99. The molecule has 6 unspecified atom stereocenters.